The van der Waals surface area contributed by atoms with E-state index in [1.807, 2.05) is 0 Å². The van der Waals surface area contributed by atoms with E-state index in [4.69, 9.17) is 0 Å². The topological polar surface area (TPSA) is 29.1 Å². The average Bonchev–Trinajstić information content (AvgIpc) is 2.58. The van der Waals surface area contributed by atoms with Crippen molar-refractivity contribution in [2.75, 3.05) is 0 Å². The van der Waals surface area contributed by atoms with Crippen LogP contribution in [0.15, 0.2) is 16.3 Å². The molecule has 0 radical (unpaired) electrons. The molecule has 0 saturated carbocycles. The summed E-state index contributed by atoms with van der Waals surface area (Å²) in [5.41, 5.74) is 0. The monoisotopic (exact) mass is 247 g/mol. The summed E-state index contributed by atoms with van der Waals surface area (Å²) in [6, 6.07) is 1.66. The van der Waals surface area contributed by atoms with Crippen LogP contribution in [0.4, 0.5) is 4.39 Å². The first-order valence-corrected chi connectivity index (χ1v) is 6.48. The van der Waals surface area contributed by atoms with E-state index in [1.165, 1.54) is 0 Å². The molecule has 1 N–H and O–H groups in total. The van der Waals surface area contributed by atoms with E-state index in [0.29, 0.717) is 17.2 Å². The van der Waals surface area contributed by atoms with Crippen LogP contribution in [0.25, 0.3) is 0 Å². The van der Waals surface area contributed by atoms with E-state index in [1.54, 1.807) is 11.4 Å². The number of rotatable bonds is 5. The Kier molecular flexibility index (Phi) is 5.11. The molecule has 0 spiro atoms. The normalized spacial score (nSPS) is 10.7. The van der Waals surface area contributed by atoms with Crippen molar-refractivity contribution in [1.82, 2.24) is 4.72 Å². The molecule has 1 heterocycles. The fourth-order valence-corrected chi connectivity index (χ4v) is 2.34. The van der Waals surface area contributed by atoms with Gasteiger partial charge in [0.05, 0.1) is 4.90 Å². The third-order valence-electron chi connectivity index (χ3n) is 1.81. The van der Waals surface area contributed by atoms with Gasteiger partial charge in [-0.15, -0.1) is 11.3 Å². The highest BCUT2D eigenvalue weighted by Crippen LogP contribution is 2.23. The van der Waals surface area contributed by atoms with Crippen LogP contribution >= 0.6 is 23.3 Å². The predicted molar refractivity (Wildman–Crippen MR) is 62.3 cm³/mol. The molecule has 15 heavy (non-hydrogen) atoms. The molecule has 0 unspecified atom stereocenters. The van der Waals surface area contributed by atoms with Gasteiger partial charge in [0.25, 0.3) is 0 Å². The van der Waals surface area contributed by atoms with Crippen LogP contribution in [0.1, 0.15) is 26.7 Å². The SMILES string of the molecule is CC(C)CCC(=O)NSc1ccsc1F. The van der Waals surface area contributed by atoms with Crippen LogP contribution in [-0.2, 0) is 4.79 Å². The molecule has 1 aromatic rings. The maximum atomic E-state index is 13.0. The zero-order valence-corrected chi connectivity index (χ0v) is 10.4. The Bertz CT molecular complexity index is 325. The first-order chi connectivity index (χ1) is 7.09. The summed E-state index contributed by atoms with van der Waals surface area (Å²) in [6.07, 6.45) is 1.36. The highest BCUT2D eigenvalue weighted by molar-refractivity contribution is 7.98. The van der Waals surface area contributed by atoms with Gasteiger partial charge in [0.1, 0.15) is 0 Å². The van der Waals surface area contributed by atoms with Crippen molar-refractivity contribution in [2.24, 2.45) is 5.92 Å². The van der Waals surface area contributed by atoms with Crippen LogP contribution < -0.4 is 4.72 Å². The molecule has 2 nitrogen and oxygen atoms in total. The summed E-state index contributed by atoms with van der Waals surface area (Å²) in [4.78, 5) is 11.8. The van der Waals surface area contributed by atoms with Gasteiger partial charge in [-0.1, -0.05) is 13.8 Å². The molecule has 0 aliphatic carbocycles. The van der Waals surface area contributed by atoms with Crippen molar-refractivity contribution in [3.05, 3.63) is 16.6 Å². The zero-order chi connectivity index (χ0) is 11.3. The zero-order valence-electron chi connectivity index (χ0n) is 8.75. The lowest BCUT2D eigenvalue weighted by Crippen LogP contribution is -2.15. The summed E-state index contributed by atoms with van der Waals surface area (Å²) >= 11 is 2.08. The second-order valence-corrected chi connectivity index (χ2v) is 5.33. The molecular formula is C10H14FNOS2. The Morgan fingerprint density at radius 3 is 2.93 bits per heavy atom. The van der Waals surface area contributed by atoms with Crippen LogP contribution in [0.3, 0.4) is 0 Å². The van der Waals surface area contributed by atoms with E-state index in [0.717, 1.165) is 29.7 Å². The van der Waals surface area contributed by atoms with Gasteiger partial charge in [0, 0.05) is 6.42 Å². The first kappa shape index (κ1) is 12.5. The van der Waals surface area contributed by atoms with Crippen molar-refractivity contribution in [1.29, 1.82) is 0 Å². The van der Waals surface area contributed by atoms with E-state index < -0.39 is 0 Å². The maximum absolute atomic E-state index is 13.0. The van der Waals surface area contributed by atoms with Gasteiger partial charge >= 0.3 is 0 Å². The smallest absolute Gasteiger partial charge is 0.230 e. The highest BCUT2D eigenvalue weighted by atomic mass is 32.2. The number of hydrogen-bond acceptors (Lipinski definition) is 3. The van der Waals surface area contributed by atoms with Crippen molar-refractivity contribution in [3.8, 4) is 0 Å². The molecule has 1 rings (SSSR count). The molecule has 0 bridgehead atoms. The second kappa shape index (κ2) is 6.12. The van der Waals surface area contributed by atoms with Crippen LogP contribution in [0.5, 0.6) is 0 Å². The molecular weight excluding hydrogens is 233 g/mol. The van der Waals surface area contributed by atoms with Crippen molar-refractivity contribution < 1.29 is 9.18 Å². The maximum Gasteiger partial charge on any atom is 0.230 e. The molecule has 0 aromatic carbocycles. The second-order valence-electron chi connectivity index (χ2n) is 3.62. The average molecular weight is 247 g/mol. The summed E-state index contributed by atoms with van der Waals surface area (Å²) in [7, 11) is 0. The Balaban J connectivity index is 2.26. The molecule has 1 amide bonds. The minimum atomic E-state index is -0.246. The molecule has 84 valence electrons. The number of amides is 1. The van der Waals surface area contributed by atoms with Gasteiger partial charge in [-0.05, 0) is 35.7 Å². The largest absolute Gasteiger partial charge is 0.296 e. The number of hydrogen-bond donors (Lipinski definition) is 1. The van der Waals surface area contributed by atoms with E-state index in [2.05, 4.69) is 18.6 Å². The van der Waals surface area contributed by atoms with Crippen LogP contribution in [0.2, 0.25) is 0 Å². The highest BCUT2D eigenvalue weighted by Gasteiger charge is 2.07. The molecule has 1 aromatic heterocycles. The van der Waals surface area contributed by atoms with Gasteiger partial charge in [-0.3, -0.25) is 9.52 Å². The number of carbonyl (C=O) groups excluding carboxylic acids is 1. The minimum Gasteiger partial charge on any atom is -0.296 e. The molecule has 0 atom stereocenters. The number of nitrogens with one attached hydrogen (secondary N) is 1. The number of carbonyl (C=O) groups is 1. The molecule has 5 heteroatoms. The summed E-state index contributed by atoms with van der Waals surface area (Å²) in [6.45, 7) is 4.14. The van der Waals surface area contributed by atoms with Gasteiger partial charge in [0.2, 0.25) is 5.91 Å². The lowest BCUT2D eigenvalue weighted by Gasteiger charge is -2.04. The molecule has 0 aliphatic heterocycles. The third kappa shape index (κ3) is 4.66. The van der Waals surface area contributed by atoms with Gasteiger partial charge in [-0.25, -0.2) is 0 Å². The number of thiophene rings is 1. The van der Waals surface area contributed by atoms with Gasteiger partial charge in [0.15, 0.2) is 5.13 Å². The van der Waals surface area contributed by atoms with Crippen LogP contribution in [0, 0.1) is 11.0 Å². The quantitative estimate of drug-likeness (QED) is 0.807. The first-order valence-electron chi connectivity index (χ1n) is 4.78. The Hall–Kier alpha value is -0.550. The van der Waals surface area contributed by atoms with Crippen molar-refractivity contribution >= 4 is 29.2 Å². The lowest BCUT2D eigenvalue weighted by atomic mass is 10.1. The Morgan fingerprint density at radius 1 is 1.67 bits per heavy atom. The predicted octanol–water partition coefficient (Wildman–Crippen LogP) is 3.45. The fourth-order valence-electron chi connectivity index (χ4n) is 0.936. The van der Waals surface area contributed by atoms with E-state index in [9.17, 15) is 9.18 Å². The molecule has 0 saturated heterocycles. The van der Waals surface area contributed by atoms with Crippen molar-refractivity contribution in [2.45, 2.75) is 31.6 Å². The van der Waals surface area contributed by atoms with Crippen LogP contribution in [-0.4, -0.2) is 5.91 Å². The third-order valence-corrected chi connectivity index (χ3v) is 3.50. The van der Waals surface area contributed by atoms with E-state index in [-0.39, 0.29) is 11.0 Å². The van der Waals surface area contributed by atoms with Crippen molar-refractivity contribution in [3.63, 3.8) is 0 Å². The summed E-state index contributed by atoms with van der Waals surface area (Å²) in [5, 5.41) is 1.42. The van der Waals surface area contributed by atoms with E-state index >= 15 is 0 Å². The Morgan fingerprint density at radius 2 is 2.40 bits per heavy atom. The van der Waals surface area contributed by atoms with Gasteiger partial charge < -0.3 is 0 Å². The lowest BCUT2D eigenvalue weighted by molar-refractivity contribution is -0.119. The van der Waals surface area contributed by atoms with Gasteiger partial charge in [-0.2, -0.15) is 4.39 Å². The summed E-state index contributed by atoms with van der Waals surface area (Å²) < 4.78 is 15.6. The Labute approximate surface area is 97.4 Å². The summed E-state index contributed by atoms with van der Waals surface area (Å²) in [5.74, 6) is 0.470. The molecule has 0 fully saturated rings. The fraction of sp³-hybridized carbons (Fsp3) is 0.500. The minimum absolute atomic E-state index is 0.0423. The number of halogens is 1. The molecule has 0 aliphatic rings. The standard InChI is InChI=1S/C10H14FNOS2/c1-7(2)3-4-9(13)12-15-8-5-6-14-10(8)11/h5-7H,3-4H2,1-2H3,(H,12,13).